The summed E-state index contributed by atoms with van der Waals surface area (Å²) >= 11 is 1.55. The van der Waals surface area contributed by atoms with Crippen LogP contribution in [0.1, 0.15) is 18.7 Å². The van der Waals surface area contributed by atoms with E-state index in [1.807, 2.05) is 36.6 Å². The van der Waals surface area contributed by atoms with Gasteiger partial charge in [0.25, 0.3) is 0 Å². The molecule has 102 valence electrons. The number of hydrazine groups is 1. The van der Waals surface area contributed by atoms with E-state index in [1.54, 1.807) is 17.5 Å². The monoisotopic (exact) mass is 286 g/mol. The van der Waals surface area contributed by atoms with Crippen molar-refractivity contribution in [2.24, 2.45) is 5.84 Å². The largest absolute Gasteiger partial charge is 0.361 e. The summed E-state index contributed by atoms with van der Waals surface area (Å²) in [5.41, 5.74) is 3.45. The van der Waals surface area contributed by atoms with Crippen LogP contribution in [-0.4, -0.2) is 15.0 Å². The molecule has 3 heterocycles. The summed E-state index contributed by atoms with van der Waals surface area (Å²) in [6.07, 6.45) is 1.78. The summed E-state index contributed by atoms with van der Waals surface area (Å²) in [6.45, 7) is 2.04. The van der Waals surface area contributed by atoms with Crippen LogP contribution in [0.2, 0.25) is 0 Å². The molecule has 0 saturated heterocycles. The number of hydrogen-bond acceptors (Lipinski definition) is 7. The van der Waals surface area contributed by atoms with Crippen molar-refractivity contribution in [3.63, 3.8) is 0 Å². The Bertz CT molecular complexity index is 711. The summed E-state index contributed by atoms with van der Waals surface area (Å²) in [6, 6.07) is 7.88. The van der Waals surface area contributed by atoms with E-state index in [-0.39, 0.29) is 6.04 Å². The van der Waals surface area contributed by atoms with Gasteiger partial charge in [-0.15, -0.1) is 11.3 Å². The minimum absolute atomic E-state index is 0.0415. The van der Waals surface area contributed by atoms with Crippen molar-refractivity contribution in [1.82, 2.24) is 15.0 Å². The van der Waals surface area contributed by atoms with Crippen LogP contribution >= 0.6 is 11.3 Å². The number of nitrogens with one attached hydrogen (secondary N) is 2. The van der Waals surface area contributed by atoms with Gasteiger partial charge in [0, 0.05) is 6.20 Å². The highest BCUT2D eigenvalue weighted by Crippen LogP contribution is 2.28. The van der Waals surface area contributed by atoms with Crippen LogP contribution in [0.25, 0.3) is 10.2 Å². The summed E-state index contributed by atoms with van der Waals surface area (Å²) in [4.78, 5) is 13.9. The van der Waals surface area contributed by atoms with Gasteiger partial charge in [-0.25, -0.2) is 10.8 Å². The highest BCUT2D eigenvalue weighted by molar-refractivity contribution is 7.16. The molecule has 0 bridgehead atoms. The number of fused-ring (bicyclic) bond motifs is 1. The first-order chi connectivity index (χ1) is 9.78. The molecule has 1 atom stereocenters. The molecule has 1 unspecified atom stereocenters. The minimum Gasteiger partial charge on any atom is -0.361 e. The number of nitrogens with two attached hydrogens (primary N) is 1. The first-order valence-electron chi connectivity index (χ1n) is 6.17. The van der Waals surface area contributed by atoms with Gasteiger partial charge in [0.05, 0.1) is 17.1 Å². The zero-order valence-electron chi connectivity index (χ0n) is 10.9. The van der Waals surface area contributed by atoms with E-state index in [1.165, 1.54) is 0 Å². The topological polar surface area (TPSA) is 88.8 Å². The lowest BCUT2D eigenvalue weighted by Gasteiger charge is -2.15. The Balaban J connectivity index is 1.95. The number of hydrogen-bond donors (Lipinski definition) is 3. The Labute approximate surface area is 120 Å². The molecule has 0 radical (unpaired) electrons. The van der Waals surface area contributed by atoms with E-state index < -0.39 is 0 Å². The normalized spacial score (nSPS) is 12.3. The number of pyridine rings is 1. The van der Waals surface area contributed by atoms with Crippen LogP contribution in [0.15, 0.2) is 35.8 Å². The lowest BCUT2D eigenvalue weighted by atomic mass is 10.2. The maximum Gasteiger partial charge on any atom is 0.240 e. The van der Waals surface area contributed by atoms with Gasteiger partial charge >= 0.3 is 0 Å². The Morgan fingerprint density at radius 2 is 2.15 bits per heavy atom. The van der Waals surface area contributed by atoms with Crippen LogP contribution in [0, 0.1) is 0 Å². The number of rotatable bonds is 4. The van der Waals surface area contributed by atoms with Gasteiger partial charge in [-0.1, -0.05) is 6.07 Å². The van der Waals surface area contributed by atoms with E-state index in [0.717, 1.165) is 21.7 Å². The van der Waals surface area contributed by atoms with Crippen molar-refractivity contribution in [3.8, 4) is 0 Å². The Morgan fingerprint density at radius 3 is 2.90 bits per heavy atom. The smallest absolute Gasteiger partial charge is 0.240 e. The molecule has 0 saturated carbocycles. The molecular formula is C13H14N6S. The van der Waals surface area contributed by atoms with Crippen molar-refractivity contribution < 1.29 is 0 Å². The quantitative estimate of drug-likeness (QED) is 0.504. The predicted molar refractivity (Wildman–Crippen MR) is 81.5 cm³/mol. The van der Waals surface area contributed by atoms with Crippen LogP contribution in [0.4, 0.5) is 11.8 Å². The molecule has 0 fully saturated rings. The fourth-order valence-corrected chi connectivity index (χ4v) is 2.70. The first-order valence-corrected chi connectivity index (χ1v) is 7.05. The van der Waals surface area contributed by atoms with Crippen molar-refractivity contribution in [1.29, 1.82) is 0 Å². The van der Waals surface area contributed by atoms with E-state index in [4.69, 9.17) is 5.84 Å². The Kier molecular flexibility index (Phi) is 3.44. The average Bonchev–Trinajstić information content (AvgIpc) is 2.96. The average molecular weight is 286 g/mol. The van der Waals surface area contributed by atoms with Crippen molar-refractivity contribution >= 4 is 33.3 Å². The van der Waals surface area contributed by atoms with Gasteiger partial charge in [0.15, 0.2) is 0 Å². The molecule has 7 heteroatoms. The van der Waals surface area contributed by atoms with Crippen LogP contribution in [0.5, 0.6) is 0 Å². The summed E-state index contributed by atoms with van der Waals surface area (Å²) in [7, 11) is 0. The second kappa shape index (κ2) is 5.40. The van der Waals surface area contributed by atoms with Gasteiger partial charge < -0.3 is 5.32 Å². The molecule has 0 aliphatic rings. The number of aromatic nitrogens is 3. The Hall–Kier alpha value is -2.25. The van der Waals surface area contributed by atoms with Gasteiger partial charge in [-0.05, 0) is 30.5 Å². The van der Waals surface area contributed by atoms with Gasteiger partial charge in [0.2, 0.25) is 5.95 Å². The Morgan fingerprint density at radius 1 is 1.25 bits per heavy atom. The highest BCUT2D eigenvalue weighted by Gasteiger charge is 2.12. The standard InChI is InChI=1S/C13H14N6S/c1-8(10-4-2-3-6-15-10)16-11-9-5-7-20-12(9)18-13(17-11)19-14/h2-8H,14H2,1H3,(H2,16,17,18,19). The second-order valence-corrected chi connectivity index (χ2v) is 5.19. The first kappa shape index (κ1) is 12.8. The molecule has 0 amide bonds. The molecule has 20 heavy (non-hydrogen) atoms. The fraction of sp³-hybridized carbons (Fsp3) is 0.154. The van der Waals surface area contributed by atoms with E-state index >= 15 is 0 Å². The zero-order valence-corrected chi connectivity index (χ0v) is 11.7. The predicted octanol–water partition coefficient (Wildman–Crippen LogP) is 2.55. The van der Waals surface area contributed by atoms with E-state index in [0.29, 0.717) is 5.95 Å². The maximum absolute atomic E-state index is 5.41. The summed E-state index contributed by atoms with van der Waals surface area (Å²) in [5, 5.41) is 6.33. The van der Waals surface area contributed by atoms with Gasteiger partial charge in [-0.2, -0.15) is 4.98 Å². The molecule has 6 nitrogen and oxygen atoms in total. The lowest BCUT2D eigenvalue weighted by molar-refractivity contribution is 0.833. The van der Waals surface area contributed by atoms with E-state index in [9.17, 15) is 0 Å². The summed E-state index contributed by atoms with van der Waals surface area (Å²) < 4.78 is 0. The zero-order chi connectivity index (χ0) is 13.9. The number of anilines is 2. The molecular weight excluding hydrogens is 272 g/mol. The second-order valence-electron chi connectivity index (χ2n) is 4.30. The number of nitrogens with zero attached hydrogens (tertiary/aromatic N) is 3. The molecule has 4 N–H and O–H groups in total. The fourth-order valence-electron chi connectivity index (χ4n) is 1.94. The van der Waals surface area contributed by atoms with Gasteiger partial charge in [-0.3, -0.25) is 10.4 Å². The molecule has 3 aromatic heterocycles. The van der Waals surface area contributed by atoms with Crippen molar-refractivity contribution in [2.75, 3.05) is 10.7 Å². The molecule has 0 aromatic carbocycles. The van der Waals surface area contributed by atoms with Crippen molar-refractivity contribution in [2.45, 2.75) is 13.0 Å². The molecule has 3 rings (SSSR count). The molecule has 3 aromatic rings. The molecule has 0 aliphatic heterocycles. The maximum atomic E-state index is 5.41. The van der Waals surface area contributed by atoms with Gasteiger partial charge in [0.1, 0.15) is 10.6 Å². The highest BCUT2D eigenvalue weighted by atomic mass is 32.1. The SMILES string of the molecule is CC(Nc1nc(NN)nc2sccc12)c1ccccn1. The third-order valence-electron chi connectivity index (χ3n) is 2.94. The number of thiophene rings is 1. The molecule has 0 spiro atoms. The van der Waals surface area contributed by atoms with E-state index in [2.05, 4.69) is 25.7 Å². The molecule has 0 aliphatic carbocycles. The van der Waals surface area contributed by atoms with Crippen LogP contribution < -0.4 is 16.6 Å². The third-order valence-corrected chi connectivity index (χ3v) is 3.75. The third kappa shape index (κ3) is 2.40. The minimum atomic E-state index is 0.0415. The summed E-state index contributed by atoms with van der Waals surface area (Å²) in [5.74, 6) is 6.56. The number of nitrogen functional groups attached to an aromatic ring is 1. The van der Waals surface area contributed by atoms with Crippen LogP contribution in [0.3, 0.4) is 0 Å². The van der Waals surface area contributed by atoms with Crippen molar-refractivity contribution in [3.05, 3.63) is 41.5 Å². The lowest BCUT2D eigenvalue weighted by Crippen LogP contribution is -2.14. The van der Waals surface area contributed by atoms with Crippen LogP contribution in [-0.2, 0) is 0 Å².